The molecule has 126 valence electrons. The molecular formula is C19H20ClNO3. The van der Waals surface area contributed by atoms with Crippen molar-refractivity contribution in [2.45, 2.75) is 18.6 Å². The lowest BCUT2D eigenvalue weighted by Crippen LogP contribution is -2.34. The highest BCUT2D eigenvalue weighted by molar-refractivity contribution is 6.31. The van der Waals surface area contributed by atoms with Crippen molar-refractivity contribution < 1.29 is 14.6 Å². The van der Waals surface area contributed by atoms with Crippen LogP contribution < -0.4 is 5.32 Å². The van der Waals surface area contributed by atoms with Gasteiger partial charge in [-0.1, -0.05) is 60.1 Å². The third kappa shape index (κ3) is 3.78. The van der Waals surface area contributed by atoms with E-state index < -0.39 is 12.0 Å². The number of hydrogen-bond donors (Lipinski definition) is 2. The molecule has 2 aromatic carbocycles. The summed E-state index contributed by atoms with van der Waals surface area (Å²) >= 11 is 6.03. The minimum atomic E-state index is -1.27. The van der Waals surface area contributed by atoms with Gasteiger partial charge in [0.25, 0.3) is 5.91 Å². The highest BCUT2D eigenvalue weighted by Gasteiger charge is 2.30. The average molecular weight is 346 g/mol. The molecule has 0 aromatic heterocycles. The van der Waals surface area contributed by atoms with Crippen LogP contribution in [0.3, 0.4) is 0 Å². The van der Waals surface area contributed by atoms with Gasteiger partial charge in [0, 0.05) is 29.7 Å². The maximum atomic E-state index is 12.2. The number of aliphatic hydroxyl groups excluding tert-OH is 1. The van der Waals surface area contributed by atoms with Crippen molar-refractivity contribution in [1.29, 1.82) is 0 Å². The Balaban J connectivity index is 1.61. The van der Waals surface area contributed by atoms with Gasteiger partial charge in [0.1, 0.15) is 0 Å². The topological polar surface area (TPSA) is 58.6 Å². The van der Waals surface area contributed by atoms with Crippen molar-refractivity contribution in [3.05, 3.63) is 70.7 Å². The van der Waals surface area contributed by atoms with E-state index in [4.69, 9.17) is 16.3 Å². The largest absolute Gasteiger partial charge is 0.378 e. The Morgan fingerprint density at radius 3 is 2.67 bits per heavy atom. The molecule has 24 heavy (non-hydrogen) atoms. The number of benzene rings is 2. The third-order valence-corrected chi connectivity index (χ3v) is 4.67. The molecule has 3 rings (SSSR count). The summed E-state index contributed by atoms with van der Waals surface area (Å²) in [6.45, 7) is 1.13. The number of amides is 1. The Bertz CT molecular complexity index is 692. The van der Waals surface area contributed by atoms with Crippen LogP contribution in [0.2, 0.25) is 5.02 Å². The predicted molar refractivity (Wildman–Crippen MR) is 92.7 cm³/mol. The number of nitrogens with one attached hydrogen (secondary N) is 1. The first-order valence-corrected chi connectivity index (χ1v) is 8.41. The lowest BCUT2D eigenvalue weighted by molar-refractivity contribution is -0.129. The second kappa shape index (κ2) is 7.79. The maximum Gasteiger partial charge on any atom is 0.253 e. The Morgan fingerprint density at radius 2 is 1.92 bits per heavy atom. The van der Waals surface area contributed by atoms with Crippen LogP contribution in [0.25, 0.3) is 0 Å². The van der Waals surface area contributed by atoms with Crippen LogP contribution >= 0.6 is 11.6 Å². The Kier molecular flexibility index (Phi) is 5.51. The number of halogens is 1. The second-order valence-corrected chi connectivity index (χ2v) is 6.33. The van der Waals surface area contributed by atoms with Crippen LogP contribution in [-0.2, 0) is 9.53 Å². The van der Waals surface area contributed by atoms with E-state index in [-0.39, 0.29) is 12.0 Å². The minimum Gasteiger partial charge on any atom is -0.378 e. The molecular weight excluding hydrogens is 326 g/mol. The number of ether oxygens (including phenoxy) is 1. The molecule has 1 amide bonds. The fourth-order valence-electron chi connectivity index (χ4n) is 3.02. The van der Waals surface area contributed by atoms with Gasteiger partial charge in [-0.3, -0.25) is 4.79 Å². The summed E-state index contributed by atoms with van der Waals surface area (Å²) < 4.78 is 5.81. The summed E-state index contributed by atoms with van der Waals surface area (Å²) in [7, 11) is 0. The molecule has 1 aliphatic heterocycles. The standard InChI is InChI=1S/C19H20ClNO3/c20-16-9-5-4-8-15(16)17(22)19(23)21-12-14-10-11-24-18(14)13-6-2-1-3-7-13/h1-9,14,17-18,22H,10-12H2,(H,21,23)/t14-,17+,18-/m0/s1. The molecule has 1 aliphatic rings. The summed E-state index contributed by atoms with van der Waals surface area (Å²) in [6, 6.07) is 16.8. The SMILES string of the molecule is O=C(NC[C@@H]1CCO[C@H]1c1ccccc1)[C@H](O)c1ccccc1Cl. The molecule has 0 aliphatic carbocycles. The highest BCUT2D eigenvalue weighted by Crippen LogP contribution is 2.34. The summed E-state index contributed by atoms with van der Waals surface area (Å²) in [5.41, 5.74) is 1.53. The lowest BCUT2D eigenvalue weighted by Gasteiger charge is -2.20. The van der Waals surface area contributed by atoms with Gasteiger partial charge >= 0.3 is 0 Å². The van der Waals surface area contributed by atoms with E-state index >= 15 is 0 Å². The zero-order valence-corrected chi connectivity index (χ0v) is 13.9. The fourth-order valence-corrected chi connectivity index (χ4v) is 3.26. The van der Waals surface area contributed by atoms with E-state index in [9.17, 15) is 9.90 Å². The monoisotopic (exact) mass is 345 g/mol. The van der Waals surface area contributed by atoms with Gasteiger partial charge in [0.15, 0.2) is 6.10 Å². The number of aliphatic hydroxyl groups is 1. The molecule has 1 heterocycles. The molecule has 3 atom stereocenters. The molecule has 0 bridgehead atoms. The summed E-state index contributed by atoms with van der Waals surface area (Å²) in [5, 5.41) is 13.4. The van der Waals surface area contributed by atoms with Crippen LogP contribution in [0.15, 0.2) is 54.6 Å². The molecule has 2 aromatic rings. The van der Waals surface area contributed by atoms with Gasteiger partial charge in [-0.05, 0) is 18.1 Å². The summed E-state index contributed by atoms with van der Waals surface area (Å²) in [5.74, 6) is -0.253. The molecule has 2 N–H and O–H groups in total. The molecule has 5 heteroatoms. The van der Waals surface area contributed by atoms with E-state index in [1.807, 2.05) is 30.3 Å². The summed E-state index contributed by atoms with van der Waals surface area (Å²) in [6.07, 6.45) is -0.415. The van der Waals surface area contributed by atoms with Crippen LogP contribution in [0.5, 0.6) is 0 Å². The van der Waals surface area contributed by atoms with E-state index in [2.05, 4.69) is 5.32 Å². The molecule has 1 saturated heterocycles. The smallest absolute Gasteiger partial charge is 0.253 e. The lowest BCUT2D eigenvalue weighted by atomic mass is 9.95. The van der Waals surface area contributed by atoms with Gasteiger partial charge in [0.2, 0.25) is 0 Å². The zero-order valence-electron chi connectivity index (χ0n) is 13.2. The fraction of sp³-hybridized carbons (Fsp3) is 0.316. The maximum absolute atomic E-state index is 12.2. The predicted octanol–water partition coefficient (Wildman–Crippen LogP) is 3.27. The van der Waals surface area contributed by atoms with E-state index in [1.54, 1.807) is 24.3 Å². The van der Waals surface area contributed by atoms with Crippen molar-refractivity contribution in [2.75, 3.05) is 13.2 Å². The van der Waals surface area contributed by atoms with Gasteiger partial charge in [-0.15, -0.1) is 0 Å². The first kappa shape index (κ1) is 17.0. The number of rotatable bonds is 5. The molecule has 1 fully saturated rings. The van der Waals surface area contributed by atoms with Gasteiger partial charge in [0.05, 0.1) is 6.10 Å². The van der Waals surface area contributed by atoms with E-state index in [1.165, 1.54) is 0 Å². The Hall–Kier alpha value is -1.88. The van der Waals surface area contributed by atoms with E-state index in [0.717, 1.165) is 12.0 Å². The van der Waals surface area contributed by atoms with Crippen LogP contribution in [0, 0.1) is 5.92 Å². The van der Waals surface area contributed by atoms with Crippen LogP contribution in [0.1, 0.15) is 29.8 Å². The molecule has 0 saturated carbocycles. The molecule has 0 radical (unpaired) electrons. The van der Waals surface area contributed by atoms with Gasteiger partial charge in [-0.25, -0.2) is 0 Å². The first-order valence-electron chi connectivity index (χ1n) is 8.03. The molecule has 4 nitrogen and oxygen atoms in total. The quantitative estimate of drug-likeness (QED) is 0.874. The Labute approximate surface area is 146 Å². The van der Waals surface area contributed by atoms with Crippen molar-refractivity contribution in [3.63, 3.8) is 0 Å². The van der Waals surface area contributed by atoms with Crippen molar-refractivity contribution in [2.24, 2.45) is 5.92 Å². The third-order valence-electron chi connectivity index (χ3n) is 4.33. The van der Waals surface area contributed by atoms with E-state index in [0.29, 0.717) is 23.7 Å². The van der Waals surface area contributed by atoms with Gasteiger partial charge < -0.3 is 15.2 Å². The van der Waals surface area contributed by atoms with Crippen molar-refractivity contribution in [1.82, 2.24) is 5.32 Å². The zero-order chi connectivity index (χ0) is 16.9. The van der Waals surface area contributed by atoms with Crippen LogP contribution in [0.4, 0.5) is 0 Å². The number of hydrogen-bond acceptors (Lipinski definition) is 3. The number of carbonyl (C=O) groups is 1. The minimum absolute atomic E-state index is 0.0241. The first-order chi connectivity index (χ1) is 11.7. The normalized spacial score (nSPS) is 21.4. The second-order valence-electron chi connectivity index (χ2n) is 5.92. The van der Waals surface area contributed by atoms with Crippen molar-refractivity contribution in [3.8, 4) is 0 Å². The molecule has 0 unspecified atom stereocenters. The summed E-state index contributed by atoms with van der Waals surface area (Å²) in [4.78, 5) is 12.2. The molecule has 0 spiro atoms. The highest BCUT2D eigenvalue weighted by atomic mass is 35.5. The van der Waals surface area contributed by atoms with Crippen molar-refractivity contribution >= 4 is 17.5 Å². The Morgan fingerprint density at radius 1 is 1.21 bits per heavy atom. The van der Waals surface area contributed by atoms with Gasteiger partial charge in [-0.2, -0.15) is 0 Å². The average Bonchev–Trinajstić information content (AvgIpc) is 3.09. The number of carbonyl (C=O) groups excluding carboxylic acids is 1. The van der Waals surface area contributed by atoms with Crippen LogP contribution in [-0.4, -0.2) is 24.2 Å².